The number of thiocarbonyl (C=S) groups is 1. The monoisotopic (exact) mass is 555 g/mol. The van der Waals surface area contributed by atoms with E-state index in [0.717, 1.165) is 18.4 Å². The topological polar surface area (TPSA) is 88.7 Å². The van der Waals surface area contributed by atoms with E-state index >= 15 is 0 Å². The molecule has 35 heavy (non-hydrogen) atoms. The third kappa shape index (κ3) is 8.38. The van der Waals surface area contributed by atoms with Crippen molar-refractivity contribution in [1.29, 1.82) is 0 Å². The lowest BCUT2D eigenvalue weighted by Gasteiger charge is -2.12. The van der Waals surface area contributed by atoms with E-state index in [1.807, 2.05) is 30.3 Å². The fourth-order valence-corrected chi connectivity index (χ4v) is 3.56. The van der Waals surface area contributed by atoms with Crippen molar-refractivity contribution in [3.8, 4) is 11.5 Å². The molecule has 0 saturated carbocycles. The van der Waals surface area contributed by atoms with Gasteiger partial charge >= 0.3 is 0 Å². The van der Waals surface area contributed by atoms with Crippen LogP contribution in [0.5, 0.6) is 11.5 Å². The molecule has 7 nitrogen and oxygen atoms in total. The minimum Gasteiger partial charge on any atom is -0.492 e. The third-order valence-corrected chi connectivity index (χ3v) is 5.65. The van der Waals surface area contributed by atoms with Crippen molar-refractivity contribution in [3.63, 3.8) is 0 Å². The minimum atomic E-state index is -0.419. The lowest BCUT2D eigenvalue weighted by molar-refractivity contribution is 0.0934. The first-order chi connectivity index (χ1) is 17.0. The zero-order valence-corrected chi connectivity index (χ0v) is 21.6. The van der Waals surface area contributed by atoms with Gasteiger partial charge < -0.3 is 9.47 Å². The number of carbonyl (C=O) groups excluding carboxylic acids is 2. The van der Waals surface area contributed by atoms with Gasteiger partial charge in [-0.25, -0.2) is 0 Å². The summed E-state index contributed by atoms with van der Waals surface area (Å²) in [5.74, 6) is 0.485. The van der Waals surface area contributed by atoms with Gasteiger partial charge in [-0.1, -0.05) is 43.7 Å². The average Bonchev–Trinajstić information content (AvgIpc) is 2.88. The van der Waals surface area contributed by atoms with Crippen LogP contribution in [0.1, 0.15) is 46.0 Å². The molecule has 9 heteroatoms. The molecule has 0 heterocycles. The fraction of sp³-hybridized carbons (Fsp3) is 0.192. The van der Waals surface area contributed by atoms with E-state index in [1.165, 1.54) is 0 Å². The summed E-state index contributed by atoms with van der Waals surface area (Å²) in [7, 11) is 0. The van der Waals surface area contributed by atoms with Gasteiger partial charge in [-0.05, 0) is 82.6 Å². The number of hydrogen-bond donors (Lipinski definition) is 3. The molecule has 0 aliphatic carbocycles. The molecule has 0 aromatic heterocycles. The Labute approximate surface area is 218 Å². The second-order valence-electron chi connectivity index (χ2n) is 7.51. The van der Waals surface area contributed by atoms with Crippen molar-refractivity contribution in [2.75, 3.05) is 6.61 Å². The maximum Gasteiger partial charge on any atom is 0.269 e. The molecule has 3 aromatic carbocycles. The van der Waals surface area contributed by atoms with Crippen molar-refractivity contribution >= 4 is 45.1 Å². The summed E-state index contributed by atoms with van der Waals surface area (Å²) in [5.41, 5.74) is 6.85. The van der Waals surface area contributed by atoms with E-state index in [9.17, 15) is 9.59 Å². The van der Waals surface area contributed by atoms with Crippen LogP contribution in [-0.4, -0.2) is 23.5 Å². The Morgan fingerprint density at radius 3 is 2.29 bits per heavy atom. The lowest BCUT2D eigenvalue weighted by atomic mass is 10.2. The molecular formula is C26H26BrN3O4S. The highest BCUT2D eigenvalue weighted by Gasteiger charge is 2.12. The van der Waals surface area contributed by atoms with E-state index in [-0.39, 0.29) is 5.11 Å². The minimum absolute atomic E-state index is 0.0365. The molecule has 182 valence electrons. The zero-order chi connectivity index (χ0) is 25.0. The van der Waals surface area contributed by atoms with Crippen LogP contribution in [0.3, 0.4) is 0 Å². The summed E-state index contributed by atoms with van der Waals surface area (Å²) in [4.78, 5) is 24.8. The summed E-state index contributed by atoms with van der Waals surface area (Å²) < 4.78 is 12.1. The average molecular weight is 556 g/mol. The van der Waals surface area contributed by atoms with Gasteiger partial charge in [-0.3, -0.25) is 25.8 Å². The molecule has 3 rings (SSSR count). The van der Waals surface area contributed by atoms with Crippen molar-refractivity contribution in [2.45, 2.75) is 26.4 Å². The van der Waals surface area contributed by atoms with Crippen molar-refractivity contribution in [3.05, 3.63) is 94.0 Å². The second-order valence-corrected chi connectivity index (χ2v) is 8.77. The SMILES string of the molecule is CCCCOc1ccc(C(=O)NC(=S)NNC(=O)c2ccc(OCc3ccccc3)cc2)cc1Br. The Morgan fingerprint density at radius 1 is 0.886 bits per heavy atom. The van der Waals surface area contributed by atoms with Gasteiger partial charge in [-0.2, -0.15) is 0 Å². The molecule has 0 aliphatic heterocycles. The number of halogens is 1. The number of rotatable bonds is 9. The second kappa shape index (κ2) is 13.5. The first-order valence-corrected chi connectivity index (χ1v) is 12.3. The van der Waals surface area contributed by atoms with Gasteiger partial charge in [-0.15, -0.1) is 0 Å². The molecule has 0 bridgehead atoms. The number of nitrogens with one attached hydrogen (secondary N) is 3. The van der Waals surface area contributed by atoms with Crippen LogP contribution in [0.2, 0.25) is 0 Å². The third-order valence-electron chi connectivity index (χ3n) is 4.83. The summed E-state index contributed by atoms with van der Waals surface area (Å²) in [6.07, 6.45) is 1.99. The van der Waals surface area contributed by atoms with Gasteiger partial charge in [0.15, 0.2) is 5.11 Å². The molecule has 0 radical (unpaired) electrons. The molecule has 3 aromatic rings. The summed E-state index contributed by atoms with van der Waals surface area (Å²) in [6.45, 7) is 3.13. The number of benzene rings is 3. The van der Waals surface area contributed by atoms with Crippen LogP contribution < -0.4 is 25.6 Å². The molecule has 0 spiro atoms. The van der Waals surface area contributed by atoms with E-state index in [2.05, 4.69) is 39.0 Å². The fourth-order valence-electron chi connectivity index (χ4n) is 2.92. The van der Waals surface area contributed by atoms with Gasteiger partial charge in [0.1, 0.15) is 18.1 Å². The van der Waals surface area contributed by atoms with Crippen LogP contribution in [-0.2, 0) is 6.61 Å². The summed E-state index contributed by atoms with van der Waals surface area (Å²) >= 11 is 8.53. The highest BCUT2D eigenvalue weighted by Crippen LogP contribution is 2.26. The highest BCUT2D eigenvalue weighted by atomic mass is 79.9. The number of carbonyl (C=O) groups is 2. The van der Waals surface area contributed by atoms with Crippen LogP contribution in [0, 0.1) is 0 Å². The van der Waals surface area contributed by atoms with Crippen molar-refractivity contribution < 1.29 is 19.1 Å². The molecule has 0 atom stereocenters. The maximum atomic E-state index is 12.5. The molecule has 0 fully saturated rings. The Morgan fingerprint density at radius 2 is 1.60 bits per heavy atom. The van der Waals surface area contributed by atoms with E-state index < -0.39 is 11.8 Å². The number of unbranched alkanes of at least 4 members (excludes halogenated alkanes) is 1. The maximum absolute atomic E-state index is 12.5. The number of ether oxygens (including phenoxy) is 2. The first-order valence-electron chi connectivity index (χ1n) is 11.1. The predicted molar refractivity (Wildman–Crippen MR) is 142 cm³/mol. The summed E-state index contributed by atoms with van der Waals surface area (Å²) in [5, 5.41) is 2.49. The van der Waals surface area contributed by atoms with Crippen molar-refractivity contribution in [2.24, 2.45) is 0 Å². The molecule has 3 N–H and O–H groups in total. The molecule has 0 unspecified atom stereocenters. The standard InChI is InChI=1S/C26H26BrN3O4S/c1-2-3-15-33-23-14-11-20(16-22(23)27)24(31)28-26(35)30-29-25(32)19-9-12-21(13-10-19)34-17-18-7-5-4-6-8-18/h4-14,16H,2-3,15,17H2,1H3,(H,29,32)(H2,28,30,31,35). The van der Waals surface area contributed by atoms with Gasteiger partial charge in [0, 0.05) is 11.1 Å². The number of hydrogen-bond acceptors (Lipinski definition) is 5. The van der Waals surface area contributed by atoms with Crippen molar-refractivity contribution in [1.82, 2.24) is 16.2 Å². The molecule has 2 amide bonds. The quantitative estimate of drug-likeness (QED) is 0.192. The highest BCUT2D eigenvalue weighted by molar-refractivity contribution is 9.10. The van der Waals surface area contributed by atoms with Crippen LogP contribution >= 0.6 is 28.1 Å². The van der Waals surface area contributed by atoms with E-state index in [1.54, 1.807) is 42.5 Å². The molecule has 0 saturated heterocycles. The normalized spacial score (nSPS) is 10.2. The van der Waals surface area contributed by atoms with Crippen LogP contribution in [0.25, 0.3) is 0 Å². The Bertz CT molecular complexity index is 1160. The number of amides is 2. The van der Waals surface area contributed by atoms with E-state index in [0.29, 0.717) is 40.3 Å². The Hall–Kier alpha value is -3.43. The molecular weight excluding hydrogens is 530 g/mol. The Balaban J connectivity index is 1.44. The predicted octanol–water partition coefficient (Wildman–Crippen LogP) is 5.16. The van der Waals surface area contributed by atoms with Gasteiger partial charge in [0.05, 0.1) is 11.1 Å². The van der Waals surface area contributed by atoms with Gasteiger partial charge in [0.2, 0.25) is 0 Å². The largest absolute Gasteiger partial charge is 0.492 e. The smallest absolute Gasteiger partial charge is 0.269 e. The molecule has 0 aliphatic rings. The number of hydrazine groups is 1. The van der Waals surface area contributed by atoms with Gasteiger partial charge in [0.25, 0.3) is 11.8 Å². The van der Waals surface area contributed by atoms with Crippen LogP contribution in [0.4, 0.5) is 0 Å². The lowest BCUT2D eigenvalue weighted by Crippen LogP contribution is -2.48. The summed E-state index contributed by atoms with van der Waals surface area (Å²) in [6, 6.07) is 21.5. The first kappa shape index (κ1) is 26.2. The van der Waals surface area contributed by atoms with Crippen LogP contribution in [0.15, 0.2) is 77.3 Å². The van der Waals surface area contributed by atoms with E-state index in [4.69, 9.17) is 21.7 Å². The zero-order valence-electron chi connectivity index (χ0n) is 19.2. The Kier molecular flexibility index (Phi) is 10.1.